The van der Waals surface area contributed by atoms with Crippen molar-refractivity contribution in [2.24, 2.45) is 5.92 Å². The lowest BCUT2D eigenvalue weighted by molar-refractivity contribution is -0.159. The zero-order valence-corrected chi connectivity index (χ0v) is 14.2. The summed E-state index contributed by atoms with van der Waals surface area (Å²) in [6.07, 6.45) is 3.22. The second kappa shape index (κ2) is 6.92. The first-order valence-electron chi connectivity index (χ1n) is 8.24. The predicted octanol–water partition coefficient (Wildman–Crippen LogP) is 3.41. The summed E-state index contributed by atoms with van der Waals surface area (Å²) >= 11 is 0. The van der Waals surface area contributed by atoms with Gasteiger partial charge in [0.05, 0.1) is 19.3 Å². The van der Waals surface area contributed by atoms with E-state index in [2.05, 4.69) is 10.3 Å². The topological polar surface area (TPSA) is 56.2 Å². The Labute approximate surface area is 145 Å². The van der Waals surface area contributed by atoms with Crippen LogP contribution in [0.15, 0.2) is 36.7 Å². The molecule has 0 radical (unpaired) electrons. The molecule has 7 heteroatoms. The van der Waals surface area contributed by atoms with E-state index in [1.54, 1.807) is 18.3 Å². The first-order chi connectivity index (χ1) is 11.9. The molecule has 1 aromatic carbocycles. The molecule has 2 aromatic rings. The fraction of sp³-hybridized carbons (Fsp3) is 0.444. The van der Waals surface area contributed by atoms with Crippen LogP contribution in [-0.2, 0) is 9.53 Å². The monoisotopic (exact) mass is 349 g/mol. The zero-order chi connectivity index (χ0) is 18.0. The van der Waals surface area contributed by atoms with Crippen LogP contribution in [0, 0.1) is 12.8 Å². The van der Waals surface area contributed by atoms with E-state index in [0.29, 0.717) is 5.69 Å². The molecule has 1 aliphatic rings. The van der Waals surface area contributed by atoms with Gasteiger partial charge in [-0.1, -0.05) is 12.1 Å². The second-order valence-corrected chi connectivity index (χ2v) is 6.31. The van der Waals surface area contributed by atoms with Crippen molar-refractivity contribution >= 4 is 11.6 Å². The number of rotatable bonds is 4. The van der Waals surface area contributed by atoms with E-state index in [0.717, 1.165) is 11.4 Å². The van der Waals surface area contributed by atoms with Gasteiger partial charge in [0, 0.05) is 24.5 Å². The van der Waals surface area contributed by atoms with E-state index in [4.69, 9.17) is 4.74 Å². The van der Waals surface area contributed by atoms with Gasteiger partial charge < -0.3 is 14.6 Å². The van der Waals surface area contributed by atoms with Crippen molar-refractivity contribution in [3.63, 3.8) is 0 Å². The number of alkyl halides is 2. The maximum Gasteiger partial charge on any atom is 0.264 e. The molecule has 134 valence electrons. The van der Waals surface area contributed by atoms with Crippen molar-refractivity contribution in [1.82, 2.24) is 9.55 Å². The van der Waals surface area contributed by atoms with E-state index in [-0.39, 0.29) is 19.3 Å². The number of benzene rings is 1. The number of aromatic nitrogens is 2. The van der Waals surface area contributed by atoms with Crippen LogP contribution in [0.25, 0.3) is 0 Å². The van der Waals surface area contributed by atoms with Gasteiger partial charge in [0.15, 0.2) is 0 Å². The smallest absolute Gasteiger partial charge is 0.264 e. The molecule has 0 bridgehead atoms. The lowest BCUT2D eigenvalue weighted by Gasteiger charge is -2.30. The average Bonchev–Trinajstić information content (AvgIpc) is 3.00. The largest absolute Gasteiger partial charge is 0.380 e. The minimum absolute atomic E-state index is 0.0168. The normalized spacial score (nSPS) is 20.9. The van der Waals surface area contributed by atoms with Crippen LogP contribution in [0.4, 0.5) is 14.5 Å². The van der Waals surface area contributed by atoms with Gasteiger partial charge >= 0.3 is 0 Å². The standard InChI is InChI=1S/C18H21F2N3O2/c1-12(23-9-8-21-13(23)2)14-3-5-15(6-4-14)22-17(24)16-11-25-10-7-18(16,19)20/h3-6,8-9,12,16H,7,10-11H2,1-2H3,(H,22,24)/t12-,16?/m0/s1. The van der Waals surface area contributed by atoms with E-state index < -0.39 is 24.2 Å². The third-order valence-electron chi connectivity index (χ3n) is 4.63. The van der Waals surface area contributed by atoms with E-state index in [1.165, 1.54) is 0 Å². The predicted molar refractivity (Wildman–Crippen MR) is 89.7 cm³/mol. The van der Waals surface area contributed by atoms with Crippen molar-refractivity contribution in [2.45, 2.75) is 32.2 Å². The number of carbonyl (C=O) groups is 1. The SMILES string of the molecule is Cc1nccn1[C@@H](C)c1ccc(NC(=O)C2COCCC2(F)F)cc1. The van der Waals surface area contributed by atoms with Gasteiger partial charge in [0.1, 0.15) is 11.7 Å². The van der Waals surface area contributed by atoms with Gasteiger partial charge in [0.25, 0.3) is 5.92 Å². The number of imidazole rings is 1. The second-order valence-electron chi connectivity index (χ2n) is 6.31. The van der Waals surface area contributed by atoms with Gasteiger partial charge in [-0.3, -0.25) is 4.79 Å². The Bertz CT molecular complexity index is 743. The third kappa shape index (κ3) is 3.71. The number of anilines is 1. The summed E-state index contributed by atoms with van der Waals surface area (Å²) in [5.41, 5.74) is 1.52. The Balaban J connectivity index is 1.68. The summed E-state index contributed by atoms with van der Waals surface area (Å²) < 4.78 is 34.7. The Morgan fingerprint density at radius 3 is 2.72 bits per heavy atom. The Kier molecular flexibility index (Phi) is 4.85. The highest BCUT2D eigenvalue weighted by Gasteiger charge is 2.46. The first kappa shape index (κ1) is 17.5. The van der Waals surface area contributed by atoms with E-state index >= 15 is 0 Å². The molecule has 25 heavy (non-hydrogen) atoms. The summed E-state index contributed by atoms with van der Waals surface area (Å²) in [5, 5.41) is 2.56. The van der Waals surface area contributed by atoms with Crippen LogP contribution in [-0.4, -0.2) is 34.6 Å². The molecule has 5 nitrogen and oxygen atoms in total. The van der Waals surface area contributed by atoms with Crippen LogP contribution in [0.3, 0.4) is 0 Å². The number of halogens is 2. The minimum Gasteiger partial charge on any atom is -0.380 e. The number of ether oxygens (including phenoxy) is 1. The molecule has 1 N–H and O–H groups in total. The van der Waals surface area contributed by atoms with Crippen molar-refractivity contribution in [1.29, 1.82) is 0 Å². The van der Waals surface area contributed by atoms with Crippen molar-refractivity contribution in [3.05, 3.63) is 48.0 Å². The van der Waals surface area contributed by atoms with E-state index in [9.17, 15) is 13.6 Å². The van der Waals surface area contributed by atoms with Crippen LogP contribution >= 0.6 is 0 Å². The molecule has 0 spiro atoms. The van der Waals surface area contributed by atoms with Crippen molar-refractivity contribution in [3.8, 4) is 0 Å². The lowest BCUT2D eigenvalue weighted by atomic mass is 9.96. The summed E-state index contributed by atoms with van der Waals surface area (Å²) in [7, 11) is 0. The lowest BCUT2D eigenvalue weighted by Crippen LogP contribution is -2.45. The Morgan fingerprint density at radius 1 is 1.40 bits per heavy atom. The van der Waals surface area contributed by atoms with Gasteiger partial charge in [-0.2, -0.15) is 0 Å². The molecule has 1 fully saturated rings. The molecule has 3 rings (SSSR count). The molecule has 2 atom stereocenters. The zero-order valence-electron chi connectivity index (χ0n) is 14.2. The third-order valence-corrected chi connectivity index (χ3v) is 4.63. The first-order valence-corrected chi connectivity index (χ1v) is 8.24. The van der Waals surface area contributed by atoms with Gasteiger partial charge in [-0.25, -0.2) is 13.8 Å². The molecule has 1 aliphatic heterocycles. The van der Waals surface area contributed by atoms with Gasteiger partial charge in [-0.05, 0) is 31.5 Å². The van der Waals surface area contributed by atoms with Crippen molar-refractivity contribution in [2.75, 3.05) is 18.5 Å². The van der Waals surface area contributed by atoms with Crippen LogP contribution < -0.4 is 5.32 Å². The van der Waals surface area contributed by atoms with Crippen LogP contribution in [0.5, 0.6) is 0 Å². The molecular weight excluding hydrogens is 328 g/mol. The molecule has 1 aromatic heterocycles. The Morgan fingerprint density at radius 2 is 2.12 bits per heavy atom. The number of nitrogens with one attached hydrogen (secondary N) is 1. The quantitative estimate of drug-likeness (QED) is 0.920. The summed E-state index contributed by atoms with van der Waals surface area (Å²) in [6, 6.07) is 7.27. The summed E-state index contributed by atoms with van der Waals surface area (Å²) in [5.74, 6) is -4.29. The number of nitrogens with zero attached hydrogens (tertiary/aromatic N) is 2. The van der Waals surface area contributed by atoms with Gasteiger partial charge in [0.2, 0.25) is 5.91 Å². The number of amides is 1. The average molecular weight is 349 g/mol. The number of hydrogen-bond acceptors (Lipinski definition) is 3. The molecule has 0 aliphatic carbocycles. The molecular formula is C18H21F2N3O2. The van der Waals surface area contributed by atoms with Crippen LogP contribution in [0.2, 0.25) is 0 Å². The summed E-state index contributed by atoms with van der Waals surface area (Å²) in [6.45, 7) is 3.70. The Hall–Kier alpha value is -2.28. The molecule has 2 heterocycles. The highest BCUT2D eigenvalue weighted by molar-refractivity contribution is 5.93. The highest BCUT2D eigenvalue weighted by atomic mass is 19.3. The number of hydrogen-bond donors (Lipinski definition) is 1. The maximum atomic E-state index is 13.8. The van der Waals surface area contributed by atoms with Gasteiger partial charge in [-0.15, -0.1) is 0 Å². The molecule has 1 amide bonds. The summed E-state index contributed by atoms with van der Waals surface area (Å²) in [4.78, 5) is 16.4. The molecule has 0 saturated carbocycles. The molecule has 1 saturated heterocycles. The number of carbonyl (C=O) groups excluding carboxylic acids is 1. The van der Waals surface area contributed by atoms with E-state index in [1.807, 2.05) is 36.7 Å². The molecule has 1 unspecified atom stereocenters. The maximum absolute atomic E-state index is 13.8. The fourth-order valence-electron chi connectivity index (χ4n) is 3.00. The fourth-order valence-corrected chi connectivity index (χ4v) is 3.00. The highest BCUT2D eigenvalue weighted by Crippen LogP contribution is 2.33. The van der Waals surface area contributed by atoms with Crippen LogP contribution in [0.1, 0.15) is 30.8 Å². The van der Waals surface area contributed by atoms with Crippen molar-refractivity contribution < 1.29 is 18.3 Å². The minimum atomic E-state index is -3.03. The number of aryl methyl sites for hydroxylation is 1.